The molecule has 1 aromatic carbocycles. The highest BCUT2D eigenvalue weighted by Crippen LogP contribution is 2.32. The lowest BCUT2D eigenvalue weighted by molar-refractivity contribution is -0.147. The van der Waals surface area contributed by atoms with Gasteiger partial charge in [0.1, 0.15) is 12.5 Å². The van der Waals surface area contributed by atoms with E-state index in [4.69, 9.17) is 4.74 Å². The van der Waals surface area contributed by atoms with Gasteiger partial charge in [0.2, 0.25) is 0 Å². The lowest BCUT2D eigenvalue weighted by Crippen LogP contribution is -2.51. The van der Waals surface area contributed by atoms with Gasteiger partial charge in [0.25, 0.3) is 0 Å². The Bertz CT molecular complexity index is 603. The van der Waals surface area contributed by atoms with Crippen LogP contribution in [0, 0.1) is 12.8 Å². The van der Waals surface area contributed by atoms with Gasteiger partial charge in [0.15, 0.2) is 0 Å². The molecule has 0 saturated carbocycles. The predicted octanol–water partition coefficient (Wildman–Crippen LogP) is 2.78. The number of esters is 1. The standard InChI is InChI=1S/C17H22N2O3S/c1-4-23-10-9-22-16(20)14-12(3)18-17(21)19-15(14)13-8-6-5-7-11(13)2/h5-8,14-15H,3-4,9-10H2,1-2H3,(H2,18,19,21)/t14-,15-/m1/s1. The summed E-state index contributed by atoms with van der Waals surface area (Å²) >= 11 is 1.71. The first kappa shape index (κ1) is 17.4. The van der Waals surface area contributed by atoms with Gasteiger partial charge in [-0.05, 0) is 23.8 Å². The third-order valence-corrected chi connectivity index (χ3v) is 4.59. The maximum atomic E-state index is 12.5. The van der Waals surface area contributed by atoms with Crippen LogP contribution < -0.4 is 10.6 Å². The van der Waals surface area contributed by atoms with E-state index in [0.29, 0.717) is 12.3 Å². The molecule has 1 fully saturated rings. The van der Waals surface area contributed by atoms with Crippen LogP contribution in [-0.4, -0.2) is 30.1 Å². The Balaban J connectivity index is 2.19. The SMILES string of the molecule is C=C1NC(=O)N[C@H](c2ccccc2C)[C@@H]1C(=O)OCCSCC. The largest absolute Gasteiger partial charge is 0.464 e. The monoisotopic (exact) mass is 334 g/mol. The molecule has 0 aromatic heterocycles. The quantitative estimate of drug-likeness (QED) is 0.620. The van der Waals surface area contributed by atoms with Crippen molar-refractivity contribution in [2.24, 2.45) is 5.92 Å². The number of aryl methyl sites for hydroxylation is 1. The number of hydrogen-bond acceptors (Lipinski definition) is 4. The Labute approximate surface area is 140 Å². The van der Waals surface area contributed by atoms with Crippen LogP contribution in [0.25, 0.3) is 0 Å². The first-order chi connectivity index (χ1) is 11.0. The normalized spacial score (nSPS) is 20.6. The van der Waals surface area contributed by atoms with E-state index in [1.807, 2.05) is 31.2 Å². The third kappa shape index (κ3) is 4.28. The van der Waals surface area contributed by atoms with E-state index >= 15 is 0 Å². The summed E-state index contributed by atoms with van der Waals surface area (Å²) in [7, 11) is 0. The van der Waals surface area contributed by atoms with Gasteiger partial charge in [-0.15, -0.1) is 0 Å². The molecule has 1 aliphatic heterocycles. The summed E-state index contributed by atoms with van der Waals surface area (Å²) in [5, 5.41) is 5.40. The molecular formula is C17H22N2O3S. The van der Waals surface area contributed by atoms with E-state index in [-0.39, 0.29) is 12.0 Å². The molecule has 1 saturated heterocycles. The molecule has 5 nitrogen and oxygen atoms in total. The minimum absolute atomic E-state index is 0.353. The summed E-state index contributed by atoms with van der Waals surface area (Å²) in [6, 6.07) is 6.85. The van der Waals surface area contributed by atoms with E-state index < -0.39 is 12.0 Å². The molecule has 1 heterocycles. The van der Waals surface area contributed by atoms with Crippen molar-refractivity contribution in [1.29, 1.82) is 0 Å². The number of nitrogens with one attached hydrogen (secondary N) is 2. The summed E-state index contributed by atoms with van der Waals surface area (Å²) in [5.41, 5.74) is 2.27. The second-order valence-electron chi connectivity index (χ2n) is 5.30. The fourth-order valence-corrected chi connectivity index (χ4v) is 3.08. The molecular weight excluding hydrogens is 312 g/mol. The summed E-state index contributed by atoms with van der Waals surface area (Å²) in [6.45, 7) is 8.21. The number of carbonyl (C=O) groups excluding carboxylic acids is 2. The molecule has 0 spiro atoms. The van der Waals surface area contributed by atoms with Crippen molar-refractivity contribution in [3.8, 4) is 0 Å². The van der Waals surface area contributed by atoms with Gasteiger partial charge in [0.05, 0.1) is 6.04 Å². The van der Waals surface area contributed by atoms with Gasteiger partial charge >= 0.3 is 12.0 Å². The van der Waals surface area contributed by atoms with Crippen molar-refractivity contribution < 1.29 is 14.3 Å². The Kier molecular flexibility index (Phi) is 6.10. The molecule has 0 aliphatic carbocycles. The van der Waals surface area contributed by atoms with Crippen molar-refractivity contribution in [2.75, 3.05) is 18.1 Å². The van der Waals surface area contributed by atoms with Crippen LogP contribution in [0.5, 0.6) is 0 Å². The molecule has 0 radical (unpaired) electrons. The Morgan fingerprint density at radius 1 is 1.39 bits per heavy atom. The number of carbonyl (C=O) groups is 2. The van der Waals surface area contributed by atoms with Gasteiger partial charge < -0.3 is 15.4 Å². The number of amides is 2. The highest BCUT2D eigenvalue weighted by atomic mass is 32.2. The summed E-state index contributed by atoms with van der Waals surface area (Å²) in [5.74, 6) is 0.737. The Morgan fingerprint density at radius 3 is 2.83 bits per heavy atom. The Morgan fingerprint density at radius 2 is 2.13 bits per heavy atom. The number of thioether (sulfide) groups is 1. The van der Waals surface area contributed by atoms with E-state index in [0.717, 1.165) is 22.6 Å². The maximum Gasteiger partial charge on any atom is 0.319 e. The first-order valence-corrected chi connectivity index (χ1v) is 8.76. The number of urea groups is 1. The van der Waals surface area contributed by atoms with Crippen LogP contribution in [0.15, 0.2) is 36.5 Å². The molecule has 23 heavy (non-hydrogen) atoms. The second kappa shape index (κ2) is 8.06. The zero-order valence-electron chi connectivity index (χ0n) is 13.4. The number of hydrogen-bond donors (Lipinski definition) is 2. The first-order valence-electron chi connectivity index (χ1n) is 7.60. The summed E-state index contributed by atoms with van der Waals surface area (Å²) < 4.78 is 5.37. The molecule has 1 aromatic rings. The number of benzene rings is 1. The van der Waals surface area contributed by atoms with E-state index in [1.54, 1.807) is 11.8 Å². The second-order valence-corrected chi connectivity index (χ2v) is 6.69. The fraction of sp³-hybridized carbons (Fsp3) is 0.412. The smallest absolute Gasteiger partial charge is 0.319 e. The van der Waals surface area contributed by atoms with Crippen LogP contribution in [0.3, 0.4) is 0 Å². The van der Waals surface area contributed by atoms with Crippen LogP contribution in [0.2, 0.25) is 0 Å². The molecule has 0 bridgehead atoms. The van der Waals surface area contributed by atoms with Gasteiger partial charge in [-0.1, -0.05) is 37.8 Å². The summed E-state index contributed by atoms with van der Waals surface area (Å²) in [4.78, 5) is 24.3. The van der Waals surface area contributed by atoms with Crippen LogP contribution in [0.1, 0.15) is 24.1 Å². The molecule has 2 N–H and O–H groups in total. The molecule has 6 heteroatoms. The molecule has 0 unspecified atom stereocenters. The van der Waals surface area contributed by atoms with Crippen LogP contribution in [-0.2, 0) is 9.53 Å². The molecule has 2 atom stereocenters. The fourth-order valence-electron chi connectivity index (χ4n) is 2.59. The van der Waals surface area contributed by atoms with Gasteiger partial charge in [-0.2, -0.15) is 11.8 Å². The lowest BCUT2D eigenvalue weighted by atomic mass is 9.87. The zero-order chi connectivity index (χ0) is 16.8. The highest BCUT2D eigenvalue weighted by molar-refractivity contribution is 7.99. The van der Waals surface area contributed by atoms with Gasteiger partial charge in [0, 0.05) is 11.4 Å². The van der Waals surface area contributed by atoms with Gasteiger partial charge in [-0.25, -0.2) is 4.79 Å². The third-order valence-electron chi connectivity index (χ3n) is 3.72. The van der Waals surface area contributed by atoms with E-state index in [9.17, 15) is 9.59 Å². The highest BCUT2D eigenvalue weighted by Gasteiger charge is 2.39. The van der Waals surface area contributed by atoms with Gasteiger partial charge in [-0.3, -0.25) is 4.79 Å². The lowest BCUT2D eigenvalue weighted by Gasteiger charge is -2.34. The minimum atomic E-state index is -0.638. The average molecular weight is 334 g/mol. The van der Waals surface area contributed by atoms with Crippen LogP contribution in [0.4, 0.5) is 4.79 Å². The topological polar surface area (TPSA) is 67.4 Å². The van der Waals surface area contributed by atoms with E-state index in [1.165, 1.54) is 0 Å². The van der Waals surface area contributed by atoms with E-state index in [2.05, 4.69) is 24.1 Å². The van der Waals surface area contributed by atoms with Crippen molar-refractivity contribution in [2.45, 2.75) is 19.9 Å². The number of ether oxygens (including phenoxy) is 1. The molecule has 124 valence electrons. The molecule has 2 rings (SSSR count). The number of rotatable bonds is 6. The van der Waals surface area contributed by atoms with Crippen molar-refractivity contribution in [3.63, 3.8) is 0 Å². The van der Waals surface area contributed by atoms with Crippen molar-refractivity contribution in [3.05, 3.63) is 47.7 Å². The average Bonchev–Trinajstić information content (AvgIpc) is 2.51. The van der Waals surface area contributed by atoms with Crippen molar-refractivity contribution in [1.82, 2.24) is 10.6 Å². The zero-order valence-corrected chi connectivity index (χ0v) is 14.2. The predicted molar refractivity (Wildman–Crippen MR) is 92.2 cm³/mol. The molecule has 1 aliphatic rings. The van der Waals surface area contributed by atoms with Crippen LogP contribution >= 0.6 is 11.8 Å². The maximum absolute atomic E-state index is 12.5. The summed E-state index contributed by atoms with van der Waals surface area (Å²) in [6.07, 6.45) is 0. The Hall–Kier alpha value is -1.95. The molecule has 2 amide bonds. The van der Waals surface area contributed by atoms with Crippen molar-refractivity contribution >= 4 is 23.8 Å². The minimum Gasteiger partial charge on any atom is -0.464 e.